The Balaban J connectivity index is 2.09. The van der Waals surface area contributed by atoms with Crippen LogP contribution in [-0.2, 0) is 4.74 Å². The van der Waals surface area contributed by atoms with Gasteiger partial charge in [-0.3, -0.25) is 0 Å². The highest BCUT2D eigenvalue weighted by atomic mass is 16.5. The number of aliphatic hydroxyl groups excluding tert-OH is 1. The van der Waals surface area contributed by atoms with E-state index in [0.29, 0.717) is 12.7 Å². The Morgan fingerprint density at radius 1 is 1.36 bits per heavy atom. The van der Waals surface area contributed by atoms with Crippen LogP contribution in [0.5, 0.6) is 0 Å². The van der Waals surface area contributed by atoms with Crippen molar-refractivity contribution >= 4 is 0 Å². The molecule has 1 saturated heterocycles. The zero-order valence-electron chi connectivity index (χ0n) is 6.88. The standard InChI is InChI=1S/C8H17NO2/c10-6-7-11-8-2-1-4-9-5-3-8/h8-10H,1-7H2. The highest BCUT2D eigenvalue weighted by molar-refractivity contribution is 4.65. The molecule has 66 valence electrons. The molecular formula is C8H17NO2. The lowest BCUT2D eigenvalue weighted by molar-refractivity contribution is 0.0226. The van der Waals surface area contributed by atoms with Gasteiger partial charge in [0, 0.05) is 0 Å². The molecule has 1 aliphatic heterocycles. The maximum absolute atomic E-state index is 8.53. The van der Waals surface area contributed by atoms with Crippen molar-refractivity contribution in [2.24, 2.45) is 0 Å². The van der Waals surface area contributed by atoms with Crippen molar-refractivity contribution in [3.63, 3.8) is 0 Å². The van der Waals surface area contributed by atoms with Crippen LogP contribution in [0.1, 0.15) is 19.3 Å². The summed E-state index contributed by atoms with van der Waals surface area (Å²) in [6, 6.07) is 0. The summed E-state index contributed by atoms with van der Waals surface area (Å²) in [4.78, 5) is 0. The van der Waals surface area contributed by atoms with Crippen LogP contribution in [0.15, 0.2) is 0 Å². The fourth-order valence-electron chi connectivity index (χ4n) is 1.37. The minimum absolute atomic E-state index is 0.143. The molecule has 2 N–H and O–H groups in total. The van der Waals surface area contributed by atoms with Gasteiger partial charge in [0.2, 0.25) is 0 Å². The zero-order valence-corrected chi connectivity index (χ0v) is 6.88. The third-order valence-electron chi connectivity index (χ3n) is 1.97. The molecule has 0 saturated carbocycles. The van der Waals surface area contributed by atoms with Crippen molar-refractivity contribution in [3.05, 3.63) is 0 Å². The molecular weight excluding hydrogens is 142 g/mol. The summed E-state index contributed by atoms with van der Waals surface area (Å²) in [7, 11) is 0. The van der Waals surface area contributed by atoms with Gasteiger partial charge >= 0.3 is 0 Å². The van der Waals surface area contributed by atoms with Crippen LogP contribution in [0.3, 0.4) is 0 Å². The molecule has 3 nitrogen and oxygen atoms in total. The zero-order chi connectivity index (χ0) is 7.94. The molecule has 0 spiro atoms. The van der Waals surface area contributed by atoms with E-state index >= 15 is 0 Å². The predicted molar refractivity (Wildman–Crippen MR) is 43.5 cm³/mol. The van der Waals surface area contributed by atoms with Crippen LogP contribution in [0, 0.1) is 0 Å². The molecule has 0 bridgehead atoms. The smallest absolute Gasteiger partial charge is 0.0701 e. The summed E-state index contributed by atoms with van der Waals surface area (Å²) in [5.41, 5.74) is 0. The van der Waals surface area contributed by atoms with E-state index in [4.69, 9.17) is 9.84 Å². The minimum Gasteiger partial charge on any atom is -0.394 e. The maximum atomic E-state index is 8.53. The SMILES string of the molecule is OCCOC1CCCNCC1. The van der Waals surface area contributed by atoms with Crippen molar-refractivity contribution in [2.45, 2.75) is 25.4 Å². The summed E-state index contributed by atoms with van der Waals surface area (Å²) < 4.78 is 5.42. The second-order valence-electron chi connectivity index (χ2n) is 2.90. The van der Waals surface area contributed by atoms with Crippen molar-refractivity contribution in [3.8, 4) is 0 Å². The summed E-state index contributed by atoms with van der Waals surface area (Å²) in [6.07, 6.45) is 3.78. The lowest BCUT2D eigenvalue weighted by atomic mass is 10.2. The highest BCUT2D eigenvalue weighted by Gasteiger charge is 2.10. The molecule has 1 rings (SSSR count). The molecule has 1 unspecified atom stereocenters. The Kier molecular flexibility index (Phi) is 4.50. The fourth-order valence-corrected chi connectivity index (χ4v) is 1.37. The maximum Gasteiger partial charge on any atom is 0.0701 e. The largest absolute Gasteiger partial charge is 0.394 e. The van der Waals surface area contributed by atoms with Gasteiger partial charge in [-0.25, -0.2) is 0 Å². The molecule has 0 aromatic carbocycles. The third kappa shape index (κ3) is 3.70. The van der Waals surface area contributed by atoms with Gasteiger partial charge in [0.25, 0.3) is 0 Å². The van der Waals surface area contributed by atoms with Gasteiger partial charge in [-0.15, -0.1) is 0 Å². The second kappa shape index (κ2) is 5.52. The average molecular weight is 159 g/mol. The predicted octanol–water partition coefficient (Wildman–Crippen LogP) is 0.137. The first-order chi connectivity index (χ1) is 5.43. The van der Waals surface area contributed by atoms with Crippen LogP contribution in [0.25, 0.3) is 0 Å². The molecule has 0 aliphatic carbocycles. The number of rotatable bonds is 3. The summed E-state index contributed by atoms with van der Waals surface area (Å²) in [5, 5.41) is 11.8. The molecule has 0 aromatic heterocycles. The molecule has 1 atom stereocenters. The Bertz CT molecular complexity index is 90.1. The minimum atomic E-state index is 0.143. The topological polar surface area (TPSA) is 41.5 Å². The molecule has 0 radical (unpaired) electrons. The summed E-state index contributed by atoms with van der Waals surface area (Å²) in [6.45, 7) is 2.80. The molecule has 11 heavy (non-hydrogen) atoms. The van der Waals surface area contributed by atoms with Crippen LogP contribution in [-0.4, -0.2) is 37.5 Å². The lowest BCUT2D eigenvalue weighted by Gasteiger charge is -2.13. The number of hydrogen-bond donors (Lipinski definition) is 2. The number of ether oxygens (including phenoxy) is 1. The summed E-state index contributed by atoms with van der Waals surface area (Å²) in [5.74, 6) is 0. The highest BCUT2D eigenvalue weighted by Crippen LogP contribution is 2.08. The first kappa shape index (κ1) is 8.97. The van der Waals surface area contributed by atoms with Gasteiger partial charge in [-0.05, 0) is 32.4 Å². The van der Waals surface area contributed by atoms with E-state index in [2.05, 4.69) is 5.32 Å². The van der Waals surface area contributed by atoms with E-state index in [1.165, 1.54) is 6.42 Å². The van der Waals surface area contributed by atoms with Crippen molar-refractivity contribution in [2.75, 3.05) is 26.3 Å². The Morgan fingerprint density at radius 2 is 2.27 bits per heavy atom. The molecule has 1 heterocycles. The summed E-state index contributed by atoms with van der Waals surface area (Å²) >= 11 is 0. The van der Waals surface area contributed by atoms with E-state index < -0.39 is 0 Å². The average Bonchev–Trinajstić information content (AvgIpc) is 2.28. The van der Waals surface area contributed by atoms with Crippen LogP contribution in [0.2, 0.25) is 0 Å². The molecule has 1 aliphatic rings. The van der Waals surface area contributed by atoms with Crippen molar-refractivity contribution in [1.82, 2.24) is 5.32 Å². The van der Waals surface area contributed by atoms with E-state index in [1.807, 2.05) is 0 Å². The molecule has 0 aromatic rings. The Hall–Kier alpha value is -0.120. The number of hydrogen-bond acceptors (Lipinski definition) is 3. The number of nitrogens with one attached hydrogen (secondary N) is 1. The monoisotopic (exact) mass is 159 g/mol. The first-order valence-corrected chi connectivity index (χ1v) is 4.36. The van der Waals surface area contributed by atoms with Crippen LogP contribution < -0.4 is 5.32 Å². The third-order valence-corrected chi connectivity index (χ3v) is 1.97. The normalized spacial score (nSPS) is 26.5. The second-order valence-corrected chi connectivity index (χ2v) is 2.90. The Labute approximate surface area is 67.7 Å². The van der Waals surface area contributed by atoms with Crippen LogP contribution >= 0.6 is 0 Å². The van der Waals surface area contributed by atoms with Gasteiger partial charge in [0.05, 0.1) is 19.3 Å². The lowest BCUT2D eigenvalue weighted by Crippen LogP contribution is -2.18. The molecule has 3 heteroatoms. The first-order valence-electron chi connectivity index (χ1n) is 4.36. The van der Waals surface area contributed by atoms with Gasteiger partial charge < -0.3 is 15.2 Å². The van der Waals surface area contributed by atoms with Gasteiger partial charge in [-0.2, -0.15) is 0 Å². The van der Waals surface area contributed by atoms with E-state index in [0.717, 1.165) is 25.9 Å². The quantitative estimate of drug-likeness (QED) is 0.615. The van der Waals surface area contributed by atoms with Gasteiger partial charge in [0.15, 0.2) is 0 Å². The van der Waals surface area contributed by atoms with E-state index in [1.54, 1.807) is 0 Å². The van der Waals surface area contributed by atoms with E-state index in [-0.39, 0.29) is 6.61 Å². The Morgan fingerprint density at radius 3 is 3.09 bits per heavy atom. The fraction of sp³-hybridized carbons (Fsp3) is 1.00. The van der Waals surface area contributed by atoms with Crippen LogP contribution in [0.4, 0.5) is 0 Å². The molecule has 1 fully saturated rings. The van der Waals surface area contributed by atoms with E-state index in [9.17, 15) is 0 Å². The van der Waals surface area contributed by atoms with Crippen molar-refractivity contribution < 1.29 is 9.84 Å². The van der Waals surface area contributed by atoms with Gasteiger partial charge in [-0.1, -0.05) is 0 Å². The van der Waals surface area contributed by atoms with Crippen molar-refractivity contribution in [1.29, 1.82) is 0 Å². The molecule has 0 amide bonds. The number of aliphatic hydroxyl groups is 1. The van der Waals surface area contributed by atoms with Gasteiger partial charge in [0.1, 0.15) is 0 Å².